The van der Waals surface area contributed by atoms with E-state index in [0.29, 0.717) is 0 Å². The molecule has 1 aliphatic carbocycles. The SMILES string of the molecule is Cc1cccc(CN(C(=O)CN(c2cc(Cl)ccc2Cl)S(=O)(=O)c2ccccc2)[C@@H](Cc2ccccc2)C(=O)NC2CCCCC2)c1. The van der Waals surface area contributed by atoms with E-state index in [-0.39, 0.29) is 45.5 Å². The second kappa shape index (κ2) is 15.8. The fraction of sp³-hybridized carbons (Fsp3) is 0.297. The normalized spacial score (nSPS) is 14.3. The van der Waals surface area contributed by atoms with Crippen LogP contribution in [0.2, 0.25) is 10.0 Å². The Morgan fingerprint density at radius 2 is 1.49 bits per heavy atom. The number of hydrogen-bond donors (Lipinski definition) is 1. The lowest BCUT2D eigenvalue weighted by molar-refractivity contribution is -0.140. The molecule has 1 fully saturated rings. The second-order valence-corrected chi connectivity index (χ2v) is 14.7. The molecule has 1 N–H and O–H groups in total. The summed E-state index contributed by atoms with van der Waals surface area (Å²) in [6, 6.07) is 28.7. The van der Waals surface area contributed by atoms with Crippen LogP contribution in [0.1, 0.15) is 48.8 Å². The Hall–Kier alpha value is -3.85. The van der Waals surface area contributed by atoms with Crippen molar-refractivity contribution in [3.63, 3.8) is 0 Å². The van der Waals surface area contributed by atoms with Gasteiger partial charge in [0.1, 0.15) is 12.6 Å². The van der Waals surface area contributed by atoms with Gasteiger partial charge in [-0.3, -0.25) is 13.9 Å². The molecule has 0 aromatic heterocycles. The first-order valence-electron chi connectivity index (χ1n) is 15.8. The maximum atomic E-state index is 14.7. The molecule has 5 rings (SSSR count). The summed E-state index contributed by atoms with van der Waals surface area (Å²) in [5, 5.41) is 3.60. The number of nitrogens with zero attached hydrogens (tertiary/aromatic N) is 2. The Kier molecular flexibility index (Phi) is 11.6. The lowest BCUT2D eigenvalue weighted by atomic mass is 9.94. The summed E-state index contributed by atoms with van der Waals surface area (Å²) in [7, 11) is -4.29. The van der Waals surface area contributed by atoms with Crippen molar-refractivity contribution >= 4 is 50.7 Å². The predicted octanol–water partition coefficient (Wildman–Crippen LogP) is 7.59. The quantitative estimate of drug-likeness (QED) is 0.166. The highest BCUT2D eigenvalue weighted by Gasteiger charge is 2.36. The van der Waals surface area contributed by atoms with Crippen molar-refractivity contribution in [2.75, 3.05) is 10.8 Å². The fourth-order valence-corrected chi connectivity index (χ4v) is 7.90. The summed E-state index contributed by atoms with van der Waals surface area (Å²) in [6.07, 6.45) is 5.22. The Morgan fingerprint density at radius 3 is 2.17 bits per heavy atom. The highest BCUT2D eigenvalue weighted by molar-refractivity contribution is 7.92. The van der Waals surface area contributed by atoms with Crippen LogP contribution in [0, 0.1) is 6.92 Å². The van der Waals surface area contributed by atoms with Crippen LogP contribution in [0.25, 0.3) is 0 Å². The molecule has 47 heavy (non-hydrogen) atoms. The van der Waals surface area contributed by atoms with Crippen molar-refractivity contribution in [2.45, 2.75) is 69.0 Å². The van der Waals surface area contributed by atoms with Gasteiger partial charge in [0.2, 0.25) is 11.8 Å². The summed E-state index contributed by atoms with van der Waals surface area (Å²) in [5.74, 6) is -0.818. The van der Waals surface area contributed by atoms with Crippen LogP contribution in [0.15, 0.2) is 108 Å². The topological polar surface area (TPSA) is 86.8 Å². The highest BCUT2D eigenvalue weighted by Crippen LogP contribution is 2.33. The van der Waals surface area contributed by atoms with E-state index in [1.54, 1.807) is 24.3 Å². The van der Waals surface area contributed by atoms with Crippen LogP contribution in [0.3, 0.4) is 0 Å². The van der Waals surface area contributed by atoms with E-state index in [2.05, 4.69) is 5.32 Å². The number of anilines is 1. The maximum Gasteiger partial charge on any atom is 0.264 e. The molecule has 7 nitrogen and oxygen atoms in total. The van der Waals surface area contributed by atoms with Crippen LogP contribution in [0.4, 0.5) is 5.69 Å². The largest absolute Gasteiger partial charge is 0.352 e. The first-order chi connectivity index (χ1) is 22.6. The molecular formula is C37H39Cl2N3O4S. The van der Waals surface area contributed by atoms with Gasteiger partial charge in [-0.25, -0.2) is 8.42 Å². The first kappa shape index (κ1) is 34.5. The number of carbonyl (C=O) groups is 2. The van der Waals surface area contributed by atoms with E-state index in [0.717, 1.165) is 53.1 Å². The van der Waals surface area contributed by atoms with Gasteiger partial charge in [0, 0.05) is 24.0 Å². The van der Waals surface area contributed by atoms with E-state index in [4.69, 9.17) is 23.2 Å². The summed E-state index contributed by atoms with van der Waals surface area (Å²) >= 11 is 12.9. The van der Waals surface area contributed by atoms with Crippen molar-refractivity contribution in [1.82, 2.24) is 10.2 Å². The van der Waals surface area contributed by atoms with E-state index >= 15 is 0 Å². The molecular weight excluding hydrogens is 653 g/mol. The molecule has 0 saturated heterocycles. The van der Waals surface area contributed by atoms with Gasteiger partial charge in [0.25, 0.3) is 10.0 Å². The van der Waals surface area contributed by atoms with Crippen molar-refractivity contribution in [3.05, 3.63) is 130 Å². The molecule has 2 amide bonds. The molecule has 0 bridgehead atoms. The van der Waals surface area contributed by atoms with Crippen LogP contribution >= 0.6 is 23.2 Å². The van der Waals surface area contributed by atoms with E-state index in [1.165, 1.54) is 29.2 Å². The standard InChI is InChI=1S/C37H39Cl2N3O4S/c1-27-12-11-15-29(22-27)25-41(35(23-28-13-5-2-6-14-28)37(44)40-31-16-7-3-8-17-31)36(43)26-42(34-24-30(38)20-21-33(34)39)47(45,46)32-18-9-4-10-19-32/h2,4-6,9-15,18-22,24,31,35H,3,7-8,16-17,23,25-26H2,1H3,(H,40,44)/t35-/m0/s1. The third kappa shape index (κ3) is 8.95. The summed E-state index contributed by atoms with van der Waals surface area (Å²) in [5.41, 5.74) is 2.77. The number of benzene rings is 4. The van der Waals surface area contributed by atoms with Crippen LogP contribution in [-0.2, 0) is 32.6 Å². The van der Waals surface area contributed by atoms with Gasteiger partial charge in [0.05, 0.1) is 15.6 Å². The summed E-state index contributed by atoms with van der Waals surface area (Å²) < 4.78 is 29.4. The molecule has 4 aromatic rings. The summed E-state index contributed by atoms with van der Waals surface area (Å²) in [6.45, 7) is 1.45. The van der Waals surface area contributed by atoms with Crippen LogP contribution in [-0.4, -0.2) is 43.8 Å². The molecule has 1 atom stereocenters. The minimum Gasteiger partial charge on any atom is -0.352 e. The Balaban J connectivity index is 1.58. The molecule has 246 valence electrons. The van der Waals surface area contributed by atoms with Crippen molar-refractivity contribution in [3.8, 4) is 0 Å². The number of rotatable bonds is 12. The lowest BCUT2D eigenvalue weighted by Gasteiger charge is -2.35. The monoisotopic (exact) mass is 691 g/mol. The van der Waals surface area contributed by atoms with Gasteiger partial charge < -0.3 is 10.2 Å². The second-order valence-electron chi connectivity index (χ2n) is 12.0. The molecule has 1 saturated carbocycles. The lowest BCUT2D eigenvalue weighted by Crippen LogP contribution is -2.55. The first-order valence-corrected chi connectivity index (χ1v) is 18.0. The van der Waals surface area contributed by atoms with Crippen molar-refractivity contribution in [2.24, 2.45) is 0 Å². The minimum atomic E-state index is -4.29. The molecule has 0 radical (unpaired) electrons. The van der Waals surface area contributed by atoms with Gasteiger partial charge in [-0.1, -0.05) is 121 Å². The Bertz CT molecular complexity index is 1780. The molecule has 4 aromatic carbocycles. The number of nitrogens with one attached hydrogen (secondary N) is 1. The molecule has 0 spiro atoms. The van der Waals surface area contributed by atoms with Gasteiger partial charge in [-0.2, -0.15) is 0 Å². The highest BCUT2D eigenvalue weighted by atomic mass is 35.5. The number of sulfonamides is 1. The van der Waals surface area contributed by atoms with Crippen molar-refractivity contribution < 1.29 is 18.0 Å². The molecule has 0 heterocycles. The van der Waals surface area contributed by atoms with Gasteiger partial charge in [-0.05, 0) is 61.2 Å². The molecule has 0 aliphatic heterocycles. The van der Waals surface area contributed by atoms with E-state index < -0.39 is 28.5 Å². The molecule has 0 unspecified atom stereocenters. The van der Waals surface area contributed by atoms with Gasteiger partial charge in [0.15, 0.2) is 0 Å². The smallest absolute Gasteiger partial charge is 0.264 e. The number of aryl methyl sites for hydroxylation is 1. The summed E-state index contributed by atoms with van der Waals surface area (Å²) in [4.78, 5) is 30.4. The average molecular weight is 693 g/mol. The third-order valence-corrected chi connectivity index (χ3v) is 10.8. The zero-order valence-corrected chi connectivity index (χ0v) is 28.6. The number of halogens is 2. The van der Waals surface area contributed by atoms with Gasteiger partial charge in [-0.15, -0.1) is 0 Å². The maximum absolute atomic E-state index is 14.7. The molecule has 10 heteroatoms. The zero-order valence-electron chi connectivity index (χ0n) is 26.3. The predicted molar refractivity (Wildman–Crippen MR) is 188 cm³/mol. The van der Waals surface area contributed by atoms with Crippen LogP contribution in [0.5, 0.6) is 0 Å². The number of amides is 2. The minimum absolute atomic E-state index is 0.00930. The molecule has 1 aliphatic rings. The number of hydrogen-bond acceptors (Lipinski definition) is 4. The Labute approximate surface area is 287 Å². The van der Waals surface area contributed by atoms with E-state index in [9.17, 15) is 18.0 Å². The Morgan fingerprint density at radius 1 is 0.830 bits per heavy atom. The third-order valence-electron chi connectivity index (χ3n) is 8.44. The number of carbonyl (C=O) groups excluding carboxylic acids is 2. The fourth-order valence-electron chi connectivity index (χ4n) is 6.02. The van der Waals surface area contributed by atoms with Crippen molar-refractivity contribution in [1.29, 1.82) is 0 Å². The van der Waals surface area contributed by atoms with Crippen LogP contribution < -0.4 is 9.62 Å². The average Bonchev–Trinajstić information content (AvgIpc) is 3.07. The van der Waals surface area contributed by atoms with E-state index in [1.807, 2.05) is 61.5 Å². The zero-order chi connectivity index (χ0) is 33.4. The van der Waals surface area contributed by atoms with Gasteiger partial charge >= 0.3 is 0 Å².